The van der Waals surface area contributed by atoms with Crippen molar-refractivity contribution in [2.45, 2.75) is 45.2 Å². The Morgan fingerprint density at radius 2 is 1.88 bits per heavy atom. The van der Waals surface area contributed by atoms with E-state index in [0.717, 1.165) is 41.0 Å². The number of hydrogen-bond donors (Lipinski definition) is 0. The van der Waals surface area contributed by atoms with Gasteiger partial charge in [0.2, 0.25) is 0 Å². The first-order valence-electron chi connectivity index (χ1n) is 9.00. The molecule has 2 atom stereocenters. The molecular formula is C19H24FN3O3. The van der Waals surface area contributed by atoms with Gasteiger partial charge in [0.1, 0.15) is 5.82 Å². The summed E-state index contributed by atoms with van der Waals surface area (Å²) in [6.07, 6.45) is 3.75. The van der Waals surface area contributed by atoms with Crippen LogP contribution in [0, 0.1) is 11.7 Å². The Kier molecular flexibility index (Phi) is 5.36. The minimum absolute atomic E-state index is 0.00246. The molecule has 2 fully saturated rings. The van der Waals surface area contributed by atoms with E-state index in [1.807, 2.05) is 6.92 Å². The van der Waals surface area contributed by atoms with Gasteiger partial charge in [-0.05, 0) is 43.5 Å². The second-order valence-electron chi connectivity index (χ2n) is 7.31. The number of carbonyl (C=O) groups is 3. The van der Waals surface area contributed by atoms with E-state index in [2.05, 4.69) is 0 Å². The van der Waals surface area contributed by atoms with Gasteiger partial charge < -0.3 is 0 Å². The van der Waals surface area contributed by atoms with Crippen LogP contribution in [0.5, 0.6) is 0 Å². The van der Waals surface area contributed by atoms with Crippen molar-refractivity contribution in [3.63, 3.8) is 0 Å². The number of halogens is 1. The monoisotopic (exact) mass is 361 g/mol. The minimum Gasteiger partial charge on any atom is -0.284 e. The Morgan fingerprint density at radius 3 is 2.58 bits per heavy atom. The predicted molar refractivity (Wildman–Crippen MR) is 93.2 cm³/mol. The number of urea groups is 1. The number of amides is 4. The SMILES string of the molecule is C[C@@H]1CCCC[C@H]1N1C(=O)C(=O)N(CN(C)Cc2cccc(F)c2)C1=O. The van der Waals surface area contributed by atoms with Crippen molar-refractivity contribution in [2.75, 3.05) is 13.7 Å². The van der Waals surface area contributed by atoms with Gasteiger partial charge >= 0.3 is 17.8 Å². The first-order chi connectivity index (χ1) is 12.4. The lowest BCUT2D eigenvalue weighted by molar-refractivity contribution is -0.145. The van der Waals surface area contributed by atoms with E-state index in [1.54, 1.807) is 24.1 Å². The molecule has 1 heterocycles. The summed E-state index contributed by atoms with van der Waals surface area (Å²) in [4.78, 5) is 41.3. The molecule has 1 saturated carbocycles. The smallest absolute Gasteiger partial charge is 0.284 e. The van der Waals surface area contributed by atoms with Crippen molar-refractivity contribution < 1.29 is 18.8 Å². The van der Waals surface area contributed by atoms with Crippen LogP contribution in [0.3, 0.4) is 0 Å². The molecule has 0 bridgehead atoms. The quantitative estimate of drug-likeness (QED) is 0.597. The molecule has 0 unspecified atom stereocenters. The summed E-state index contributed by atoms with van der Waals surface area (Å²) < 4.78 is 13.3. The molecule has 3 rings (SSSR count). The Labute approximate surface area is 152 Å². The molecule has 0 spiro atoms. The van der Waals surface area contributed by atoms with Crippen molar-refractivity contribution >= 4 is 17.8 Å². The molecular weight excluding hydrogens is 337 g/mol. The average Bonchev–Trinajstić information content (AvgIpc) is 2.79. The fraction of sp³-hybridized carbons (Fsp3) is 0.526. The van der Waals surface area contributed by atoms with Crippen molar-refractivity contribution in [1.29, 1.82) is 0 Å². The van der Waals surface area contributed by atoms with Crippen LogP contribution in [0.15, 0.2) is 24.3 Å². The molecule has 4 amide bonds. The molecule has 0 aromatic heterocycles. The van der Waals surface area contributed by atoms with Gasteiger partial charge in [-0.3, -0.25) is 19.4 Å². The van der Waals surface area contributed by atoms with Crippen molar-refractivity contribution in [3.05, 3.63) is 35.6 Å². The number of benzene rings is 1. The van der Waals surface area contributed by atoms with Gasteiger partial charge in [0.25, 0.3) is 0 Å². The summed E-state index contributed by atoms with van der Waals surface area (Å²) in [7, 11) is 1.72. The largest absolute Gasteiger partial charge is 0.335 e. The standard InChI is InChI=1S/C19H24FN3O3/c1-13-6-3-4-9-16(13)23-18(25)17(24)22(19(23)26)12-21(2)11-14-7-5-8-15(20)10-14/h5,7-8,10,13,16H,3-4,6,9,11-12H2,1-2H3/t13-,16-/m1/s1. The maximum absolute atomic E-state index is 13.3. The van der Waals surface area contributed by atoms with E-state index in [-0.39, 0.29) is 24.4 Å². The van der Waals surface area contributed by atoms with E-state index >= 15 is 0 Å². The number of imide groups is 2. The third-order valence-corrected chi connectivity index (χ3v) is 5.21. The van der Waals surface area contributed by atoms with Gasteiger partial charge in [-0.15, -0.1) is 0 Å². The molecule has 0 N–H and O–H groups in total. The molecule has 1 aliphatic carbocycles. The molecule has 1 saturated heterocycles. The van der Waals surface area contributed by atoms with Crippen molar-refractivity contribution in [2.24, 2.45) is 5.92 Å². The van der Waals surface area contributed by atoms with Crippen LogP contribution in [0.2, 0.25) is 0 Å². The molecule has 2 aliphatic rings. The second kappa shape index (κ2) is 7.53. The predicted octanol–water partition coefficient (Wildman–Crippen LogP) is 2.58. The maximum Gasteiger partial charge on any atom is 0.335 e. The molecule has 140 valence electrons. The Hall–Kier alpha value is -2.28. The molecule has 26 heavy (non-hydrogen) atoms. The lowest BCUT2D eigenvalue weighted by Gasteiger charge is -2.34. The van der Waals surface area contributed by atoms with Crippen LogP contribution in [0.1, 0.15) is 38.2 Å². The summed E-state index contributed by atoms with van der Waals surface area (Å²) >= 11 is 0. The van der Waals surface area contributed by atoms with Crippen LogP contribution in [-0.2, 0) is 16.1 Å². The topological polar surface area (TPSA) is 60.9 Å². The first kappa shape index (κ1) is 18.5. The Bertz CT molecular complexity index is 724. The third-order valence-electron chi connectivity index (χ3n) is 5.21. The highest BCUT2D eigenvalue weighted by molar-refractivity contribution is 6.44. The minimum atomic E-state index is -0.779. The Morgan fingerprint density at radius 1 is 1.15 bits per heavy atom. The highest BCUT2D eigenvalue weighted by Gasteiger charge is 2.49. The zero-order valence-corrected chi connectivity index (χ0v) is 15.2. The Balaban J connectivity index is 1.69. The summed E-state index contributed by atoms with van der Waals surface area (Å²) in [6, 6.07) is 5.41. The first-order valence-corrected chi connectivity index (χ1v) is 9.00. The number of carbonyl (C=O) groups excluding carboxylic acids is 3. The van der Waals surface area contributed by atoms with Gasteiger partial charge in [-0.1, -0.05) is 31.9 Å². The van der Waals surface area contributed by atoms with Gasteiger partial charge in [0.05, 0.1) is 6.67 Å². The lowest BCUT2D eigenvalue weighted by atomic mass is 9.85. The van der Waals surface area contributed by atoms with Gasteiger partial charge in [-0.2, -0.15) is 0 Å². The van der Waals surface area contributed by atoms with Crippen LogP contribution in [0.25, 0.3) is 0 Å². The van der Waals surface area contributed by atoms with E-state index in [9.17, 15) is 18.8 Å². The maximum atomic E-state index is 13.3. The summed E-state index contributed by atoms with van der Waals surface area (Å²) in [6.45, 7) is 2.38. The average molecular weight is 361 g/mol. The van der Waals surface area contributed by atoms with Gasteiger partial charge in [0, 0.05) is 12.6 Å². The molecule has 7 heteroatoms. The number of nitrogens with zero attached hydrogens (tertiary/aromatic N) is 3. The van der Waals surface area contributed by atoms with Gasteiger partial charge in [-0.25, -0.2) is 14.1 Å². The summed E-state index contributed by atoms with van der Waals surface area (Å²) in [5, 5.41) is 0. The fourth-order valence-corrected chi connectivity index (χ4v) is 3.86. The molecule has 1 aromatic rings. The van der Waals surface area contributed by atoms with Crippen molar-refractivity contribution in [1.82, 2.24) is 14.7 Å². The van der Waals surface area contributed by atoms with Crippen LogP contribution in [-0.4, -0.2) is 52.3 Å². The van der Waals surface area contributed by atoms with Gasteiger partial charge in [0.15, 0.2) is 0 Å². The number of rotatable bonds is 5. The number of hydrogen-bond acceptors (Lipinski definition) is 4. The fourth-order valence-electron chi connectivity index (χ4n) is 3.86. The van der Waals surface area contributed by atoms with Crippen LogP contribution < -0.4 is 0 Å². The van der Waals surface area contributed by atoms with Crippen molar-refractivity contribution in [3.8, 4) is 0 Å². The zero-order valence-electron chi connectivity index (χ0n) is 15.2. The van der Waals surface area contributed by atoms with E-state index in [0.29, 0.717) is 6.54 Å². The summed E-state index contributed by atoms with van der Waals surface area (Å²) in [5.74, 6) is -1.64. The van der Waals surface area contributed by atoms with E-state index in [1.165, 1.54) is 12.1 Å². The highest BCUT2D eigenvalue weighted by Crippen LogP contribution is 2.31. The zero-order chi connectivity index (χ0) is 18.8. The lowest BCUT2D eigenvalue weighted by Crippen LogP contribution is -2.46. The summed E-state index contributed by atoms with van der Waals surface area (Å²) in [5.41, 5.74) is 0.732. The molecule has 0 radical (unpaired) electrons. The molecule has 1 aromatic carbocycles. The second-order valence-corrected chi connectivity index (χ2v) is 7.31. The van der Waals surface area contributed by atoms with E-state index in [4.69, 9.17) is 0 Å². The molecule has 6 nitrogen and oxygen atoms in total. The van der Waals surface area contributed by atoms with Crippen LogP contribution in [0.4, 0.5) is 9.18 Å². The highest BCUT2D eigenvalue weighted by atomic mass is 19.1. The third kappa shape index (κ3) is 3.62. The van der Waals surface area contributed by atoms with Crippen LogP contribution >= 0.6 is 0 Å². The molecule has 1 aliphatic heterocycles. The normalized spacial score (nSPS) is 24.1. The van der Waals surface area contributed by atoms with E-state index < -0.39 is 17.8 Å².